The van der Waals surface area contributed by atoms with Gasteiger partial charge in [0.05, 0.1) is 0 Å². The molecule has 8 aliphatic rings. The maximum Gasteiger partial charge on any atom is -0.00199 e. The van der Waals surface area contributed by atoms with Gasteiger partial charge in [-0.05, 0) is 128 Å². The van der Waals surface area contributed by atoms with Crippen molar-refractivity contribution >= 4 is 7.92 Å². The van der Waals surface area contributed by atoms with E-state index in [1.165, 1.54) is 17.8 Å². The SMILES string of the molecule is CC(C)P(C12CC3CC(CC(C3)C1)C2)C12CC3CC4CC(C1)C42C3. The van der Waals surface area contributed by atoms with Crippen LogP contribution in [0.5, 0.6) is 0 Å². The normalized spacial score (nSPS) is 65.6. The van der Waals surface area contributed by atoms with Crippen molar-refractivity contribution in [3.63, 3.8) is 0 Å². The Bertz CT molecular complexity index is 572. The lowest BCUT2D eigenvalue weighted by Crippen LogP contribution is -2.72. The third-order valence-electron chi connectivity index (χ3n) is 10.8. The molecule has 8 fully saturated rings. The molecule has 0 aromatic rings. The standard InChI is InChI=1S/C23H35P/c1-14(2)24(21-8-15-3-16(9-21)5-17(4-15)10-21)22-11-18-6-19-7-20(13-22)23(19,22)12-18/h14-20H,3-13H2,1-2H3. The zero-order valence-corrected chi connectivity index (χ0v) is 16.7. The van der Waals surface area contributed by atoms with Crippen LogP contribution in [0, 0.1) is 40.9 Å². The topological polar surface area (TPSA) is 0 Å². The number of fused-ring (bicyclic) bond motifs is 1. The van der Waals surface area contributed by atoms with Gasteiger partial charge in [-0.2, -0.15) is 0 Å². The molecule has 1 spiro atoms. The van der Waals surface area contributed by atoms with Gasteiger partial charge in [0.25, 0.3) is 0 Å². The van der Waals surface area contributed by atoms with Crippen LogP contribution in [0.1, 0.15) is 84.5 Å². The second-order valence-electron chi connectivity index (χ2n) is 12.0. The molecule has 8 aliphatic carbocycles. The summed E-state index contributed by atoms with van der Waals surface area (Å²) in [5.41, 5.74) is 1.93. The van der Waals surface area contributed by atoms with E-state index in [4.69, 9.17) is 0 Å². The summed E-state index contributed by atoms with van der Waals surface area (Å²) in [7, 11) is 0.250. The first-order valence-electron chi connectivity index (χ1n) is 11.3. The van der Waals surface area contributed by atoms with Gasteiger partial charge in [0.2, 0.25) is 0 Å². The molecule has 1 heteroatoms. The number of hydrogen-bond donors (Lipinski definition) is 0. The van der Waals surface area contributed by atoms with E-state index in [0.29, 0.717) is 0 Å². The summed E-state index contributed by atoms with van der Waals surface area (Å²) in [6.45, 7) is 5.34. The van der Waals surface area contributed by atoms with E-state index in [1.807, 2.05) is 0 Å². The zero-order valence-electron chi connectivity index (χ0n) is 15.8. The minimum atomic E-state index is 0.250. The molecule has 6 bridgehead atoms. The minimum Gasteiger partial charge on any atom is -0.0907 e. The predicted octanol–water partition coefficient (Wildman–Crippen LogP) is 6.42. The summed E-state index contributed by atoms with van der Waals surface area (Å²) >= 11 is 0. The van der Waals surface area contributed by atoms with Gasteiger partial charge < -0.3 is 0 Å². The first kappa shape index (κ1) is 14.5. The lowest BCUT2D eigenvalue weighted by molar-refractivity contribution is -0.158. The molecule has 0 N–H and O–H groups in total. The fourth-order valence-electron chi connectivity index (χ4n) is 11.4. The Labute approximate surface area is 149 Å². The molecule has 0 aliphatic heterocycles. The molecule has 0 heterocycles. The van der Waals surface area contributed by atoms with E-state index in [-0.39, 0.29) is 7.92 Å². The Morgan fingerprint density at radius 1 is 0.667 bits per heavy atom. The van der Waals surface area contributed by atoms with E-state index in [2.05, 4.69) is 13.8 Å². The average molecular weight is 343 g/mol. The maximum atomic E-state index is 2.67. The number of hydrogen-bond acceptors (Lipinski definition) is 0. The molecule has 24 heavy (non-hydrogen) atoms. The third kappa shape index (κ3) is 1.35. The minimum absolute atomic E-state index is 0.250. The largest absolute Gasteiger partial charge is 0.0907 e. The fourth-order valence-corrected chi connectivity index (χ4v) is 17.5. The molecule has 6 unspecified atom stereocenters. The van der Waals surface area contributed by atoms with E-state index >= 15 is 0 Å². The summed E-state index contributed by atoms with van der Waals surface area (Å²) in [6, 6.07) is 0. The van der Waals surface area contributed by atoms with Crippen LogP contribution in [-0.2, 0) is 0 Å². The van der Waals surface area contributed by atoms with E-state index in [9.17, 15) is 0 Å². The van der Waals surface area contributed by atoms with Gasteiger partial charge in [-0.15, -0.1) is 0 Å². The Morgan fingerprint density at radius 3 is 1.88 bits per heavy atom. The van der Waals surface area contributed by atoms with Crippen molar-refractivity contribution in [2.75, 3.05) is 0 Å². The Balaban J connectivity index is 1.34. The molecule has 0 nitrogen and oxygen atoms in total. The highest BCUT2D eigenvalue weighted by molar-refractivity contribution is 7.62. The van der Waals surface area contributed by atoms with Crippen LogP contribution in [0.4, 0.5) is 0 Å². The van der Waals surface area contributed by atoms with Crippen molar-refractivity contribution in [3.8, 4) is 0 Å². The molecule has 8 rings (SSSR count). The second-order valence-corrected chi connectivity index (χ2v) is 15.6. The van der Waals surface area contributed by atoms with Crippen molar-refractivity contribution in [2.45, 2.75) is 100 Å². The molecule has 0 amide bonds. The third-order valence-corrected chi connectivity index (χ3v) is 15.1. The average Bonchev–Trinajstić information content (AvgIpc) is 2.93. The summed E-state index contributed by atoms with van der Waals surface area (Å²) in [4.78, 5) is 0. The van der Waals surface area contributed by atoms with E-state index in [1.54, 1.807) is 70.6 Å². The van der Waals surface area contributed by atoms with Gasteiger partial charge in [0.1, 0.15) is 0 Å². The van der Waals surface area contributed by atoms with Crippen LogP contribution in [0.15, 0.2) is 0 Å². The van der Waals surface area contributed by atoms with Crippen LogP contribution in [0.3, 0.4) is 0 Å². The Kier molecular flexibility index (Phi) is 2.49. The summed E-state index contributed by atoms with van der Waals surface area (Å²) < 4.78 is 0. The highest BCUT2D eigenvalue weighted by Gasteiger charge is 2.83. The Morgan fingerprint density at radius 2 is 1.33 bits per heavy atom. The molecular weight excluding hydrogens is 307 g/mol. The van der Waals surface area contributed by atoms with Crippen molar-refractivity contribution in [2.24, 2.45) is 40.9 Å². The van der Waals surface area contributed by atoms with Gasteiger partial charge in [0, 0.05) is 0 Å². The summed E-state index contributed by atoms with van der Waals surface area (Å²) in [5.74, 6) is 7.03. The lowest BCUT2D eigenvalue weighted by atomic mass is 9.38. The zero-order chi connectivity index (χ0) is 15.9. The smallest absolute Gasteiger partial charge is 0.00199 e. The highest BCUT2D eigenvalue weighted by Crippen LogP contribution is 2.93. The van der Waals surface area contributed by atoms with E-state index < -0.39 is 0 Å². The van der Waals surface area contributed by atoms with Crippen LogP contribution in [-0.4, -0.2) is 16.0 Å². The van der Waals surface area contributed by atoms with Gasteiger partial charge in [-0.1, -0.05) is 21.8 Å². The van der Waals surface area contributed by atoms with Crippen molar-refractivity contribution in [3.05, 3.63) is 0 Å². The highest BCUT2D eigenvalue weighted by atomic mass is 31.1. The van der Waals surface area contributed by atoms with Gasteiger partial charge in [-0.3, -0.25) is 0 Å². The molecule has 6 atom stereocenters. The van der Waals surface area contributed by atoms with Crippen molar-refractivity contribution < 1.29 is 0 Å². The van der Waals surface area contributed by atoms with E-state index in [0.717, 1.165) is 39.1 Å². The lowest BCUT2D eigenvalue weighted by Gasteiger charge is -2.78. The molecule has 8 saturated carbocycles. The quantitative estimate of drug-likeness (QED) is 0.519. The molecule has 0 aromatic heterocycles. The molecule has 0 saturated heterocycles. The molecule has 0 aromatic carbocycles. The second kappa shape index (κ2) is 4.13. The van der Waals surface area contributed by atoms with Gasteiger partial charge in [-0.25, -0.2) is 0 Å². The first-order chi connectivity index (χ1) is 11.5. The van der Waals surface area contributed by atoms with Crippen LogP contribution in [0.25, 0.3) is 0 Å². The number of rotatable bonds is 3. The van der Waals surface area contributed by atoms with Crippen molar-refractivity contribution in [1.82, 2.24) is 0 Å². The first-order valence-corrected chi connectivity index (χ1v) is 12.8. The fraction of sp³-hybridized carbons (Fsp3) is 1.00. The molecule has 0 radical (unpaired) electrons. The van der Waals surface area contributed by atoms with Gasteiger partial charge in [0.15, 0.2) is 0 Å². The van der Waals surface area contributed by atoms with Gasteiger partial charge >= 0.3 is 0 Å². The van der Waals surface area contributed by atoms with Crippen molar-refractivity contribution in [1.29, 1.82) is 0 Å². The Hall–Kier alpha value is 0.430. The van der Waals surface area contributed by atoms with Crippen LogP contribution in [0.2, 0.25) is 0 Å². The maximum absolute atomic E-state index is 2.67. The summed E-state index contributed by atoms with van der Waals surface area (Å²) in [6.07, 6.45) is 18.3. The molecular formula is C23H35P. The predicted molar refractivity (Wildman–Crippen MR) is 102 cm³/mol. The summed E-state index contributed by atoms with van der Waals surface area (Å²) in [5, 5.41) is 1.77. The van der Waals surface area contributed by atoms with Crippen LogP contribution >= 0.6 is 7.92 Å². The van der Waals surface area contributed by atoms with Crippen LogP contribution < -0.4 is 0 Å². The molecule has 132 valence electrons. The monoisotopic (exact) mass is 342 g/mol.